The van der Waals surface area contributed by atoms with Crippen LogP contribution in [0.1, 0.15) is 0 Å². The third kappa shape index (κ3) is 2.65. The lowest BCUT2D eigenvalue weighted by Crippen LogP contribution is -1.87. The molecular weight excluding hydrogens is 341 g/mol. The Balaban J connectivity index is 2.28. The maximum Gasteiger partial charge on any atom is 0.142 e. The molecule has 4 heteroatoms. The lowest BCUT2D eigenvalue weighted by atomic mass is 10.3. The standard InChI is InChI=1S/C12H7ClFIO/c13-9-7-8(5-6-10(9)14)16-12-4-2-1-3-11(12)15/h1-7H. The Kier molecular flexibility index (Phi) is 3.66. The van der Waals surface area contributed by atoms with E-state index in [1.165, 1.54) is 12.1 Å². The van der Waals surface area contributed by atoms with Crippen molar-refractivity contribution in [2.24, 2.45) is 0 Å². The van der Waals surface area contributed by atoms with Crippen LogP contribution in [0.15, 0.2) is 42.5 Å². The van der Waals surface area contributed by atoms with Gasteiger partial charge in [-0.3, -0.25) is 0 Å². The van der Waals surface area contributed by atoms with E-state index in [1.54, 1.807) is 6.07 Å². The molecule has 0 saturated carbocycles. The molecule has 1 nitrogen and oxygen atoms in total. The molecule has 0 fully saturated rings. The van der Waals surface area contributed by atoms with Crippen molar-refractivity contribution in [1.82, 2.24) is 0 Å². The monoisotopic (exact) mass is 348 g/mol. The highest BCUT2D eigenvalue weighted by Crippen LogP contribution is 2.28. The van der Waals surface area contributed by atoms with E-state index in [4.69, 9.17) is 16.3 Å². The van der Waals surface area contributed by atoms with Gasteiger partial charge in [0.2, 0.25) is 0 Å². The second-order valence-electron chi connectivity index (χ2n) is 3.11. The van der Waals surface area contributed by atoms with E-state index in [9.17, 15) is 4.39 Å². The van der Waals surface area contributed by atoms with E-state index in [2.05, 4.69) is 22.6 Å². The first kappa shape index (κ1) is 11.7. The average molecular weight is 349 g/mol. The zero-order chi connectivity index (χ0) is 11.5. The number of hydrogen-bond donors (Lipinski definition) is 0. The zero-order valence-electron chi connectivity index (χ0n) is 8.08. The zero-order valence-corrected chi connectivity index (χ0v) is 11.0. The van der Waals surface area contributed by atoms with Gasteiger partial charge in [0.25, 0.3) is 0 Å². The second-order valence-corrected chi connectivity index (χ2v) is 4.68. The Bertz CT molecular complexity index is 516. The van der Waals surface area contributed by atoms with Crippen molar-refractivity contribution in [1.29, 1.82) is 0 Å². The highest BCUT2D eigenvalue weighted by Gasteiger charge is 2.04. The van der Waals surface area contributed by atoms with Crippen LogP contribution in [-0.2, 0) is 0 Å². The van der Waals surface area contributed by atoms with Gasteiger partial charge in [-0.2, -0.15) is 0 Å². The lowest BCUT2D eigenvalue weighted by molar-refractivity contribution is 0.477. The highest BCUT2D eigenvalue weighted by atomic mass is 127. The third-order valence-corrected chi connectivity index (χ3v) is 3.14. The van der Waals surface area contributed by atoms with Gasteiger partial charge < -0.3 is 4.74 Å². The molecule has 0 bridgehead atoms. The van der Waals surface area contributed by atoms with Gasteiger partial charge in [0.05, 0.1) is 8.59 Å². The summed E-state index contributed by atoms with van der Waals surface area (Å²) in [6.07, 6.45) is 0. The quantitative estimate of drug-likeness (QED) is 0.703. The van der Waals surface area contributed by atoms with Crippen LogP contribution in [0, 0.1) is 9.39 Å². The molecule has 2 rings (SSSR count). The maximum absolute atomic E-state index is 12.9. The average Bonchev–Trinajstić information content (AvgIpc) is 2.27. The van der Waals surface area contributed by atoms with Crippen LogP contribution in [0.4, 0.5) is 4.39 Å². The van der Waals surface area contributed by atoms with E-state index < -0.39 is 5.82 Å². The van der Waals surface area contributed by atoms with Crippen molar-refractivity contribution in [2.75, 3.05) is 0 Å². The first-order valence-electron chi connectivity index (χ1n) is 4.54. The molecule has 0 aliphatic heterocycles. The van der Waals surface area contributed by atoms with Crippen LogP contribution < -0.4 is 4.74 Å². The van der Waals surface area contributed by atoms with Crippen LogP contribution >= 0.6 is 34.2 Å². The fourth-order valence-corrected chi connectivity index (χ4v) is 1.86. The predicted molar refractivity (Wildman–Crippen MR) is 70.6 cm³/mol. The molecule has 0 heterocycles. The van der Waals surface area contributed by atoms with E-state index in [-0.39, 0.29) is 5.02 Å². The summed E-state index contributed by atoms with van der Waals surface area (Å²) >= 11 is 7.83. The highest BCUT2D eigenvalue weighted by molar-refractivity contribution is 14.1. The normalized spacial score (nSPS) is 10.2. The molecule has 0 aliphatic rings. The molecule has 82 valence electrons. The summed E-state index contributed by atoms with van der Waals surface area (Å²) in [6, 6.07) is 11.9. The molecule has 0 aliphatic carbocycles. The number of hydrogen-bond acceptors (Lipinski definition) is 1. The van der Waals surface area contributed by atoms with Crippen LogP contribution in [0.3, 0.4) is 0 Å². The van der Waals surface area contributed by atoms with Crippen LogP contribution in [0.25, 0.3) is 0 Å². The van der Waals surface area contributed by atoms with Gasteiger partial charge in [0.1, 0.15) is 17.3 Å². The predicted octanol–water partition coefficient (Wildman–Crippen LogP) is 4.88. The molecule has 16 heavy (non-hydrogen) atoms. The third-order valence-electron chi connectivity index (χ3n) is 1.96. The van der Waals surface area contributed by atoms with E-state index >= 15 is 0 Å². The molecule has 2 aromatic carbocycles. The Morgan fingerprint density at radius 1 is 1.12 bits per heavy atom. The molecule has 0 unspecified atom stereocenters. The van der Waals surface area contributed by atoms with Crippen molar-refractivity contribution < 1.29 is 9.13 Å². The molecule has 0 aromatic heterocycles. The largest absolute Gasteiger partial charge is 0.456 e. The summed E-state index contributed by atoms with van der Waals surface area (Å²) in [5.41, 5.74) is 0. The molecule has 0 saturated heterocycles. The first-order chi connectivity index (χ1) is 7.66. The minimum absolute atomic E-state index is 0.0587. The number of para-hydroxylation sites is 1. The van der Waals surface area contributed by atoms with Crippen molar-refractivity contribution in [3.05, 3.63) is 56.9 Å². The number of rotatable bonds is 2. The first-order valence-corrected chi connectivity index (χ1v) is 6.00. The Labute approximate surface area is 111 Å². The maximum atomic E-state index is 12.9. The summed E-state index contributed by atoms with van der Waals surface area (Å²) in [4.78, 5) is 0. The number of ether oxygens (including phenoxy) is 1. The van der Waals surface area contributed by atoms with E-state index in [1.807, 2.05) is 24.3 Å². The minimum atomic E-state index is -0.447. The van der Waals surface area contributed by atoms with Gasteiger partial charge >= 0.3 is 0 Å². The fraction of sp³-hybridized carbons (Fsp3) is 0. The van der Waals surface area contributed by atoms with E-state index in [0.29, 0.717) is 5.75 Å². The summed E-state index contributed by atoms with van der Waals surface area (Å²) in [5.74, 6) is 0.804. The van der Waals surface area contributed by atoms with Crippen LogP contribution in [0.5, 0.6) is 11.5 Å². The molecule has 0 spiro atoms. The van der Waals surface area contributed by atoms with E-state index in [0.717, 1.165) is 9.32 Å². The lowest BCUT2D eigenvalue weighted by Gasteiger charge is -2.07. The topological polar surface area (TPSA) is 9.23 Å². The molecule has 0 radical (unpaired) electrons. The Hall–Kier alpha value is -0.810. The summed E-state index contributed by atoms with van der Waals surface area (Å²) < 4.78 is 19.5. The minimum Gasteiger partial charge on any atom is -0.456 e. The van der Waals surface area contributed by atoms with Gasteiger partial charge in [-0.25, -0.2) is 4.39 Å². The molecule has 0 N–H and O–H groups in total. The molecule has 0 atom stereocenters. The van der Waals surface area contributed by atoms with Gasteiger partial charge in [-0.1, -0.05) is 23.7 Å². The van der Waals surface area contributed by atoms with Crippen molar-refractivity contribution in [2.45, 2.75) is 0 Å². The van der Waals surface area contributed by atoms with Gasteiger partial charge in [0, 0.05) is 6.07 Å². The second kappa shape index (κ2) is 5.01. The van der Waals surface area contributed by atoms with Gasteiger partial charge in [-0.15, -0.1) is 0 Å². The Morgan fingerprint density at radius 2 is 1.88 bits per heavy atom. The van der Waals surface area contributed by atoms with Gasteiger partial charge in [-0.05, 0) is 46.9 Å². The van der Waals surface area contributed by atoms with Crippen molar-refractivity contribution in [3.63, 3.8) is 0 Å². The van der Waals surface area contributed by atoms with Crippen LogP contribution in [-0.4, -0.2) is 0 Å². The van der Waals surface area contributed by atoms with Crippen molar-refractivity contribution in [3.8, 4) is 11.5 Å². The Morgan fingerprint density at radius 3 is 2.56 bits per heavy atom. The number of halogens is 3. The molecule has 2 aromatic rings. The fourth-order valence-electron chi connectivity index (χ4n) is 1.19. The van der Waals surface area contributed by atoms with Gasteiger partial charge in [0.15, 0.2) is 0 Å². The van der Waals surface area contributed by atoms with Crippen LogP contribution in [0.2, 0.25) is 5.02 Å². The summed E-state index contributed by atoms with van der Waals surface area (Å²) in [6.45, 7) is 0. The summed E-state index contributed by atoms with van der Waals surface area (Å²) in [7, 11) is 0. The SMILES string of the molecule is Fc1ccc(Oc2ccccc2I)cc1Cl. The number of benzene rings is 2. The molecule has 0 amide bonds. The molecular formula is C12H7ClFIO. The summed E-state index contributed by atoms with van der Waals surface area (Å²) in [5, 5.41) is 0.0587. The smallest absolute Gasteiger partial charge is 0.142 e. The van der Waals surface area contributed by atoms with Crippen molar-refractivity contribution >= 4 is 34.2 Å².